The first-order chi connectivity index (χ1) is 13.8. The number of rotatable bonds is 4. The van der Waals surface area contributed by atoms with E-state index >= 15 is 0 Å². The Kier molecular flexibility index (Phi) is 5.44. The van der Waals surface area contributed by atoms with Crippen molar-refractivity contribution in [2.75, 3.05) is 13.1 Å². The van der Waals surface area contributed by atoms with E-state index in [1.54, 1.807) is 4.90 Å². The van der Waals surface area contributed by atoms with Crippen LogP contribution in [-0.2, 0) is 22.7 Å². The molecule has 3 heterocycles. The van der Waals surface area contributed by atoms with Crippen LogP contribution < -0.4 is 11.1 Å². The molecule has 3 unspecified atom stereocenters. The monoisotopic (exact) mass is 398 g/mol. The lowest BCUT2D eigenvalue weighted by Crippen LogP contribution is -2.52. The van der Waals surface area contributed by atoms with Crippen LogP contribution in [0.25, 0.3) is 0 Å². The average Bonchev–Trinajstić information content (AvgIpc) is 2.99. The molecule has 3 atom stereocenters. The Balaban J connectivity index is 1.45. The maximum atomic E-state index is 12.8. The van der Waals surface area contributed by atoms with Crippen LogP contribution in [0.1, 0.15) is 54.6 Å². The lowest BCUT2D eigenvalue weighted by atomic mass is 9.84. The van der Waals surface area contributed by atoms with Crippen molar-refractivity contribution >= 4 is 17.7 Å². The molecule has 156 valence electrons. The van der Waals surface area contributed by atoms with Crippen LogP contribution >= 0.6 is 0 Å². The van der Waals surface area contributed by atoms with Gasteiger partial charge in [0, 0.05) is 37.7 Å². The van der Waals surface area contributed by atoms with Gasteiger partial charge in [0.15, 0.2) is 0 Å². The molecule has 0 aliphatic carbocycles. The Hall–Kier alpha value is -2.25. The molecule has 0 radical (unpaired) electrons. The Morgan fingerprint density at radius 1 is 1.21 bits per heavy atom. The SMILES string of the molecule is CC(C)C1CN(Cc2ccc3c(c2)CN(C2CCC(=O)NC2=O)C3=O)CCC1N. The van der Waals surface area contributed by atoms with Crippen LogP contribution in [0.15, 0.2) is 18.2 Å². The Morgan fingerprint density at radius 2 is 2.00 bits per heavy atom. The summed E-state index contributed by atoms with van der Waals surface area (Å²) < 4.78 is 0. The normalized spacial score (nSPS) is 28.1. The van der Waals surface area contributed by atoms with Crippen molar-refractivity contribution in [1.29, 1.82) is 0 Å². The van der Waals surface area contributed by atoms with E-state index in [4.69, 9.17) is 5.73 Å². The summed E-state index contributed by atoms with van der Waals surface area (Å²) in [6, 6.07) is 5.70. The zero-order chi connectivity index (χ0) is 20.7. The zero-order valence-corrected chi connectivity index (χ0v) is 17.2. The fourth-order valence-corrected chi connectivity index (χ4v) is 4.90. The van der Waals surface area contributed by atoms with Gasteiger partial charge < -0.3 is 10.6 Å². The molecule has 2 fully saturated rings. The number of fused-ring (bicyclic) bond motifs is 1. The van der Waals surface area contributed by atoms with Gasteiger partial charge in [0.1, 0.15) is 6.04 Å². The van der Waals surface area contributed by atoms with E-state index in [0.717, 1.165) is 31.6 Å². The maximum absolute atomic E-state index is 12.8. The molecule has 3 N–H and O–H groups in total. The number of imide groups is 1. The molecule has 29 heavy (non-hydrogen) atoms. The van der Waals surface area contributed by atoms with Crippen molar-refractivity contribution in [3.8, 4) is 0 Å². The van der Waals surface area contributed by atoms with E-state index in [0.29, 0.717) is 30.4 Å². The Bertz CT molecular complexity index is 837. The molecular formula is C22H30N4O3. The number of amides is 3. The van der Waals surface area contributed by atoms with E-state index < -0.39 is 6.04 Å². The molecular weight excluding hydrogens is 368 g/mol. The molecule has 3 aliphatic rings. The lowest BCUT2D eigenvalue weighted by molar-refractivity contribution is -0.136. The standard InChI is InChI=1S/C22H30N4O3/c1-13(2)17-12-25(8-7-18(17)23)10-14-3-4-16-15(9-14)11-26(22(16)29)19-5-6-20(27)24-21(19)28/h3-4,9,13,17-19H,5-8,10-12,23H2,1-2H3,(H,24,27,28). The van der Waals surface area contributed by atoms with Crippen LogP contribution in [0.3, 0.4) is 0 Å². The minimum absolute atomic E-state index is 0.120. The number of likely N-dealkylation sites (tertiary alicyclic amines) is 1. The van der Waals surface area contributed by atoms with Crippen LogP contribution in [0.5, 0.6) is 0 Å². The molecule has 0 spiro atoms. The highest BCUT2D eigenvalue weighted by Crippen LogP contribution is 2.29. The summed E-state index contributed by atoms with van der Waals surface area (Å²) in [5.41, 5.74) is 9.12. The smallest absolute Gasteiger partial charge is 0.255 e. The van der Waals surface area contributed by atoms with E-state index in [2.05, 4.69) is 30.1 Å². The number of nitrogens with one attached hydrogen (secondary N) is 1. The van der Waals surface area contributed by atoms with E-state index in [9.17, 15) is 14.4 Å². The summed E-state index contributed by atoms with van der Waals surface area (Å²) in [7, 11) is 0. The van der Waals surface area contributed by atoms with Gasteiger partial charge in [-0.3, -0.25) is 24.6 Å². The third-order valence-corrected chi connectivity index (χ3v) is 6.65. The van der Waals surface area contributed by atoms with Crippen molar-refractivity contribution in [3.05, 3.63) is 34.9 Å². The largest absolute Gasteiger partial charge is 0.327 e. The molecule has 7 heteroatoms. The minimum atomic E-state index is -0.563. The molecule has 7 nitrogen and oxygen atoms in total. The summed E-state index contributed by atoms with van der Waals surface area (Å²) in [5.74, 6) is 0.311. The van der Waals surface area contributed by atoms with Gasteiger partial charge in [0.2, 0.25) is 11.8 Å². The number of piperidine rings is 2. The third kappa shape index (κ3) is 3.94. The number of benzene rings is 1. The predicted molar refractivity (Wildman–Crippen MR) is 109 cm³/mol. The van der Waals surface area contributed by atoms with Gasteiger partial charge in [0.05, 0.1) is 0 Å². The lowest BCUT2D eigenvalue weighted by Gasteiger charge is -2.39. The van der Waals surface area contributed by atoms with Crippen LogP contribution in [0.2, 0.25) is 0 Å². The first-order valence-electron chi connectivity index (χ1n) is 10.6. The first kappa shape index (κ1) is 20.0. The van der Waals surface area contributed by atoms with Gasteiger partial charge in [-0.15, -0.1) is 0 Å². The molecule has 2 saturated heterocycles. The van der Waals surface area contributed by atoms with Gasteiger partial charge in [-0.25, -0.2) is 0 Å². The number of carbonyl (C=O) groups excluding carboxylic acids is 3. The summed E-state index contributed by atoms with van der Waals surface area (Å²) in [6.45, 7) is 7.72. The molecule has 0 saturated carbocycles. The number of nitrogens with zero attached hydrogens (tertiary/aromatic N) is 2. The second-order valence-electron chi connectivity index (χ2n) is 8.99. The molecule has 3 aliphatic heterocycles. The second-order valence-corrected chi connectivity index (χ2v) is 8.99. The zero-order valence-electron chi connectivity index (χ0n) is 17.2. The number of hydrogen-bond acceptors (Lipinski definition) is 5. The maximum Gasteiger partial charge on any atom is 0.255 e. The molecule has 4 rings (SSSR count). The van der Waals surface area contributed by atoms with Gasteiger partial charge in [-0.2, -0.15) is 0 Å². The highest BCUT2D eigenvalue weighted by atomic mass is 16.2. The molecule has 1 aromatic rings. The van der Waals surface area contributed by atoms with Gasteiger partial charge in [-0.1, -0.05) is 26.0 Å². The predicted octanol–water partition coefficient (Wildman–Crippen LogP) is 1.25. The van der Waals surface area contributed by atoms with Gasteiger partial charge in [0.25, 0.3) is 5.91 Å². The van der Waals surface area contributed by atoms with E-state index in [-0.39, 0.29) is 30.2 Å². The van der Waals surface area contributed by atoms with E-state index in [1.165, 1.54) is 5.56 Å². The topological polar surface area (TPSA) is 95.7 Å². The van der Waals surface area contributed by atoms with Crippen LogP contribution in [0, 0.1) is 11.8 Å². The highest BCUT2D eigenvalue weighted by Gasteiger charge is 2.39. The van der Waals surface area contributed by atoms with Crippen molar-refractivity contribution in [1.82, 2.24) is 15.1 Å². The number of hydrogen-bond donors (Lipinski definition) is 2. The molecule has 0 bridgehead atoms. The molecule has 1 aromatic carbocycles. The summed E-state index contributed by atoms with van der Waals surface area (Å²) in [6.07, 6.45) is 1.67. The van der Waals surface area contributed by atoms with Gasteiger partial charge >= 0.3 is 0 Å². The fourth-order valence-electron chi connectivity index (χ4n) is 4.90. The fraction of sp³-hybridized carbons (Fsp3) is 0.591. The minimum Gasteiger partial charge on any atom is -0.327 e. The first-order valence-corrected chi connectivity index (χ1v) is 10.6. The summed E-state index contributed by atoms with van der Waals surface area (Å²) >= 11 is 0. The molecule has 3 amide bonds. The van der Waals surface area contributed by atoms with E-state index in [1.807, 2.05) is 12.1 Å². The third-order valence-electron chi connectivity index (χ3n) is 6.65. The Labute approximate surface area is 171 Å². The van der Waals surface area contributed by atoms with Crippen molar-refractivity contribution in [2.45, 2.75) is 58.3 Å². The van der Waals surface area contributed by atoms with Gasteiger partial charge in [-0.05, 0) is 48.4 Å². The number of nitrogens with two attached hydrogens (primary N) is 1. The number of carbonyl (C=O) groups is 3. The van der Waals surface area contributed by atoms with Crippen LogP contribution in [0.4, 0.5) is 0 Å². The van der Waals surface area contributed by atoms with Crippen molar-refractivity contribution in [3.63, 3.8) is 0 Å². The van der Waals surface area contributed by atoms with Crippen LogP contribution in [-0.4, -0.2) is 52.7 Å². The van der Waals surface area contributed by atoms with Crippen molar-refractivity contribution < 1.29 is 14.4 Å². The highest BCUT2D eigenvalue weighted by molar-refractivity contribution is 6.05. The average molecular weight is 399 g/mol. The summed E-state index contributed by atoms with van der Waals surface area (Å²) in [4.78, 5) is 40.5. The summed E-state index contributed by atoms with van der Waals surface area (Å²) in [5, 5.41) is 2.35. The molecule has 0 aromatic heterocycles. The second kappa shape index (κ2) is 7.88. The quantitative estimate of drug-likeness (QED) is 0.745. The van der Waals surface area contributed by atoms with Crippen molar-refractivity contribution in [2.24, 2.45) is 17.6 Å². The Morgan fingerprint density at radius 3 is 2.72 bits per heavy atom.